The predicted octanol–water partition coefficient (Wildman–Crippen LogP) is 4.31. The Morgan fingerprint density at radius 2 is 1.70 bits per heavy atom. The first-order valence-electron chi connectivity index (χ1n) is 10.6. The van der Waals surface area contributed by atoms with E-state index >= 15 is 0 Å². The van der Waals surface area contributed by atoms with E-state index < -0.39 is 6.04 Å². The lowest BCUT2D eigenvalue weighted by molar-refractivity contribution is -0.148. The highest BCUT2D eigenvalue weighted by atomic mass is 16.5. The SMILES string of the molecule is CCCCCCCCCCC(=O)N[C@@H](Cc1cnc[nH]1)C(=O)OCCCC. The van der Waals surface area contributed by atoms with E-state index in [2.05, 4.69) is 22.2 Å². The van der Waals surface area contributed by atoms with Crippen LogP contribution >= 0.6 is 0 Å². The Balaban J connectivity index is 2.31. The summed E-state index contributed by atoms with van der Waals surface area (Å²) in [6.45, 7) is 4.65. The first kappa shape index (κ1) is 23.2. The first-order valence-corrected chi connectivity index (χ1v) is 10.6. The number of aromatic nitrogens is 2. The molecule has 0 bridgehead atoms. The molecule has 2 N–H and O–H groups in total. The van der Waals surface area contributed by atoms with Gasteiger partial charge < -0.3 is 15.0 Å². The van der Waals surface area contributed by atoms with Gasteiger partial charge in [-0.1, -0.05) is 65.2 Å². The van der Waals surface area contributed by atoms with Crippen molar-refractivity contribution >= 4 is 11.9 Å². The van der Waals surface area contributed by atoms with Crippen LogP contribution in [-0.4, -0.2) is 34.5 Å². The minimum absolute atomic E-state index is 0.0852. The summed E-state index contributed by atoms with van der Waals surface area (Å²) in [7, 11) is 0. The number of unbranched alkanes of at least 4 members (excludes halogenated alkanes) is 8. The molecule has 0 aliphatic rings. The van der Waals surface area contributed by atoms with Gasteiger partial charge in [0.2, 0.25) is 5.91 Å². The smallest absolute Gasteiger partial charge is 0.329 e. The number of rotatable bonds is 16. The van der Waals surface area contributed by atoms with Gasteiger partial charge in [0, 0.05) is 24.7 Å². The van der Waals surface area contributed by atoms with Crippen molar-refractivity contribution in [2.75, 3.05) is 6.61 Å². The van der Waals surface area contributed by atoms with Crippen LogP contribution < -0.4 is 5.32 Å². The largest absolute Gasteiger partial charge is 0.464 e. The molecule has 6 heteroatoms. The molecule has 0 fully saturated rings. The molecule has 154 valence electrons. The van der Waals surface area contributed by atoms with Crippen LogP contribution in [0.3, 0.4) is 0 Å². The highest BCUT2D eigenvalue weighted by Gasteiger charge is 2.23. The summed E-state index contributed by atoms with van der Waals surface area (Å²) in [5, 5.41) is 2.84. The van der Waals surface area contributed by atoms with E-state index in [0.29, 0.717) is 19.4 Å². The Bertz CT molecular complexity index is 503. The van der Waals surface area contributed by atoms with Gasteiger partial charge in [-0.2, -0.15) is 0 Å². The molecule has 0 radical (unpaired) electrons. The monoisotopic (exact) mass is 379 g/mol. The number of ether oxygens (including phenoxy) is 1. The Hall–Kier alpha value is -1.85. The van der Waals surface area contributed by atoms with Crippen LogP contribution in [0.15, 0.2) is 12.5 Å². The lowest BCUT2D eigenvalue weighted by Crippen LogP contribution is -2.43. The summed E-state index contributed by atoms with van der Waals surface area (Å²) in [6.07, 6.45) is 15.4. The van der Waals surface area contributed by atoms with Gasteiger partial charge >= 0.3 is 5.97 Å². The van der Waals surface area contributed by atoms with Gasteiger partial charge in [0.25, 0.3) is 0 Å². The minimum Gasteiger partial charge on any atom is -0.464 e. The molecule has 0 unspecified atom stereocenters. The van der Waals surface area contributed by atoms with Gasteiger partial charge in [-0.15, -0.1) is 0 Å². The van der Waals surface area contributed by atoms with Crippen molar-refractivity contribution in [2.45, 2.75) is 96.9 Å². The number of amides is 1. The van der Waals surface area contributed by atoms with Gasteiger partial charge in [0.15, 0.2) is 0 Å². The molecule has 0 saturated heterocycles. The number of esters is 1. The number of aromatic amines is 1. The lowest BCUT2D eigenvalue weighted by atomic mass is 10.1. The lowest BCUT2D eigenvalue weighted by Gasteiger charge is -2.17. The average Bonchev–Trinajstić information content (AvgIpc) is 3.16. The highest BCUT2D eigenvalue weighted by molar-refractivity contribution is 5.84. The maximum absolute atomic E-state index is 12.3. The molecular formula is C21H37N3O3. The van der Waals surface area contributed by atoms with Gasteiger partial charge in [-0.05, 0) is 12.8 Å². The molecule has 1 aromatic heterocycles. The first-order chi connectivity index (χ1) is 13.2. The molecule has 1 heterocycles. The van der Waals surface area contributed by atoms with Crippen molar-refractivity contribution in [1.29, 1.82) is 0 Å². The zero-order valence-electron chi connectivity index (χ0n) is 17.1. The molecule has 6 nitrogen and oxygen atoms in total. The van der Waals surface area contributed by atoms with Crippen LogP contribution in [0.5, 0.6) is 0 Å². The van der Waals surface area contributed by atoms with E-state index in [-0.39, 0.29) is 11.9 Å². The normalized spacial score (nSPS) is 11.9. The second-order valence-corrected chi connectivity index (χ2v) is 7.15. The zero-order chi connectivity index (χ0) is 19.7. The molecule has 0 saturated carbocycles. The van der Waals surface area contributed by atoms with E-state index in [0.717, 1.165) is 31.4 Å². The highest BCUT2D eigenvalue weighted by Crippen LogP contribution is 2.10. The Kier molecular flexibility index (Phi) is 13.1. The molecule has 0 spiro atoms. The molecule has 1 aromatic rings. The Morgan fingerprint density at radius 3 is 2.33 bits per heavy atom. The topological polar surface area (TPSA) is 84.1 Å². The van der Waals surface area contributed by atoms with Crippen molar-refractivity contribution in [3.05, 3.63) is 18.2 Å². The van der Waals surface area contributed by atoms with Crippen molar-refractivity contribution < 1.29 is 14.3 Å². The number of hydrogen-bond donors (Lipinski definition) is 2. The second kappa shape index (κ2) is 15.2. The average molecular weight is 380 g/mol. The molecule has 27 heavy (non-hydrogen) atoms. The fourth-order valence-corrected chi connectivity index (χ4v) is 2.91. The molecule has 1 atom stereocenters. The molecule has 1 amide bonds. The third-order valence-corrected chi connectivity index (χ3v) is 4.60. The third kappa shape index (κ3) is 11.5. The summed E-state index contributed by atoms with van der Waals surface area (Å²) in [5.41, 5.74) is 0.805. The number of hydrogen-bond acceptors (Lipinski definition) is 4. The zero-order valence-corrected chi connectivity index (χ0v) is 17.1. The van der Waals surface area contributed by atoms with Crippen LogP contribution in [0.1, 0.15) is 90.2 Å². The number of nitrogens with zero attached hydrogens (tertiary/aromatic N) is 1. The molecule has 0 aliphatic carbocycles. The fourth-order valence-electron chi connectivity index (χ4n) is 2.91. The number of H-pyrrole nitrogens is 1. The van der Waals surface area contributed by atoms with Crippen LogP contribution in [-0.2, 0) is 20.7 Å². The van der Waals surface area contributed by atoms with Crippen molar-refractivity contribution in [2.24, 2.45) is 0 Å². The second-order valence-electron chi connectivity index (χ2n) is 7.15. The number of imidazole rings is 1. The van der Waals surface area contributed by atoms with Gasteiger partial charge in [-0.25, -0.2) is 9.78 Å². The maximum Gasteiger partial charge on any atom is 0.329 e. The molecular weight excluding hydrogens is 342 g/mol. The maximum atomic E-state index is 12.3. The fraction of sp³-hybridized carbons (Fsp3) is 0.762. The summed E-state index contributed by atoms with van der Waals surface area (Å²) in [6, 6.07) is -0.663. The van der Waals surface area contributed by atoms with Crippen LogP contribution in [0.2, 0.25) is 0 Å². The quantitative estimate of drug-likeness (QED) is 0.331. The molecule has 1 rings (SSSR count). The van der Waals surface area contributed by atoms with E-state index in [1.165, 1.54) is 38.5 Å². The van der Waals surface area contributed by atoms with Crippen LogP contribution in [0.4, 0.5) is 0 Å². The van der Waals surface area contributed by atoms with Crippen LogP contribution in [0, 0.1) is 0 Å². The molecule has 0 aliphatic heterocycles. The summed E-state index contributed by atoms with van der Waals surface area (Å²) >= 11 is 0. The summed E-state index contributed by atoms with van der Waals surface area (Å²) in [5.74, 6) is -0.458. The van der Waals surface area contributed by atoms with Crippen molar-refractivity contribution in [3.63, 3.8) is 0 Å². The number of carbonyl (C=O) groups excluding carboxylic acids is 2. The van der Waals surface area contributed by atoms with E-state index in [4.69, 9.17) is 4.74 Å². The van der Waals surface area contributed by atoms with Gasteiger partial charge in [-0.3, -0.25) is 4.79 Å². The van der Waals surface area contributed by atoms with E-state index in [1.54, 1.807) is 12.5 Å². The summed E-state index contributed by atoms with van der Waals surface area (Å²) < 4.78 is 5.30. The van der Waals surface area contributed by atoms with Crippen molar-refractivity contribution in [3.8, 4) is 0 Å². The minimum atomic E-state index is -0.663. The molecule has 0 aromatic carbocycles. The van der Waals surface area contributed by atoms with E-state index in [9.17, 15) is 9.59 Å². The summed E-state index contributed by atoms with van der Waals surface area (Å²) in [4.78, 5) is 31.5. The van der Waals surface area contributed by atoms with Gasteiger partial charge in [0.05, 0.1) is 12.9 Å². The Morgan fingerprint density at radius 1 is 1.04 bits per heavy atom. The number of carbonyl (C=O) groups is 2. The van der Waals surface area contributed by atoms with Gasteiger partial charge in [0.1, 0.15) is 6.04 Å². The van der Waals surface area contributed by atoms with Crippen LogP contribution in [0.25, 0.3) is 0 Å². The predicted molar refractivity (Wildman–Crippen MR) is 107 cm³/mol. The standard InChI is InChI=1S/C21H37N3O3/c1-3-5-7-8-9-10-11-12-13-20(25)24-19(15-18-16-22-17-23-18)21(26)27-14-6-4-2/h16-17,19H,3-15H2,1-2H3,(H,22,23)(H,24,25)/t19-/m0/s1. The van der Waals surface area contributed by atoms with Crippen molar-refractivity contribution in [1.82, 2.24) is 15.3 Å². The third-order valence-electron chi connectivity index (χ3n) is 4.60. The number of nitrogens with one attached hydrogen (secondary N) is 2. The Labute approximate surface area is 163 Å². The van der Waals surface area contributed by atoms with E-state index in [1.807, 2.05) is 6.92 Å².